The molecule has 0 amide bonds. The van der Waals surface area contributed by atoms with Crippen molar-refractivity contribution in [2.75, 3.05) is 0 Å². The van der Waals surface area contributed by atoms with Crippen LogP contribution in [-0.2, 0) is 6.54 Å². The highest BCUT2D eigenvalue weighted by Gasteiger charge is 2.08. The van der Waals surface area contributed by atoms with E-state index in [0.29, 0.717) is 6.54 Å². The van der Waals surface area contributed by atoms with E-state index in [2.05, 4.69) is 19.9 Å². The summed E-state index contributed by atoms with van der Waals surface area (Å²) in [5, 5.41) is 0. The molecule has 0 saturated heterocycles. The zero-order valence-electron chi connectivity index (χ0n) is 9.11. The van der Waals surface area contributed by atoms with Gasteiger partial charge in [-0.25, -0.2) is 9.97 Å². The van der Waals surface area contributed by atoms with E-state index in [1.54, 1.807) is 24.8 Å². The molecule has 3 aromatic heterocycles. The molecule has 5 nitrogen and oxygen atoms in total. The number of hydrogen-bond acceptors (Lipinski definition) is 3. The van der Waals surface area contributed by atoms with E-state index in [0.717, 1.165) is 17.3 Å². The Labute approximate surface area is 98.2 Å². The first-order valence-electron chi connectivity index (χ1n) is 5.34. The van der Waals surface area contributed by atoms with Gasteiger partial charge in [0.2, 0.25) is 0 Å². The number of aromatic amines is 1. The fourth-order valence-electron chi connectivity index (χ4n) is 1.71. The predicted octanol–water partition coefficient (Wildman–Crippen LogP) is 1.72. The van der Waals surface area contributed by atoms with Gasteiger partial charge >= 0.3 is 0 Å². The van der Waals surface area contributed by atoms with Crippen molar-refractivity contribution in [1.82, 2.24) is 24.5 Å². The van der Waals surface area contributed by atoms with Gasteiger partial charge in [-0.15, -0.1) is 0 Å². The fraction of sp³-hybridized carbons (Fsp3) is 0.0833. The van der Waals surface area contributed by atoms with Crippen LogP contribution in [0.1, 0.15) is 5.69 Å². The minimum Gasteiger partial charge on any atom is -0.342 e. The van der Waals surface area contributed by atoms with E-state index in [9.17, 15) is 0 Å². The molecular weight excluding hydrogens is 214 g/mol. The SMILES string of the molecule is c1ccc(Cn2ccnc2-c2ncc[nH]2)nc1. The summed E-state index contributed by atoms with van der Waals surface area (Å²) in [7, 11) is 0. The summed E-state index contributed by atoms with van der Waals surface area (Å²) in [6.07, 6.45) is 8.98. The number of pyridine rings is 1. The summed E-state index contributed by atoms with van der Waals surface area (Å²) in [6.45, 7) is 0.691. The van der Waals surface area contributed by atoms with Crippen LogP contribution in [0.2, 0.25) is 0 Å². The topological polar surface area (TPSA) is 59.4 Å². The number of rotatable bonds is 3. The monoisotopic (exact) mass is 225 g/mol. The quantitative estimate of drug-likeness (QED) is 0.738. The molecule has 0 aromatic carbocycles. The van der Waals surface area contributed by atoms with Gasteiger partial charge in [-0.1, -0.05) is 6.07 Å². The minimum atomic E-state index is 0.691. The second-order valence-corrected chi connectivity index (χ2v) is 3.64. The second-order valence-electron chi connectivity index (χ2n) is 3.64. The standard InChI is InChI=1S/C12H11N5/c1-2-4-13-10(3-1)9-17-8-7-16-12(17)11-14-5-6-15-11/h1-8H,9H2,(H,14,15). The zero-order valence-corrected chi connectivity index (χ0v) is 9.11. The average Bonchev–Trinajstić information content (AvgIpc) is 3.00. The first-order chi connectivity index (χ1) is 8.43. The third-order valence-electron chi connectivity index (χ3n) is 2.48. The molecule has 0 spiro atoms. The van der Waals surface area contributed by atoms with E-state index in [1.165, 1.54) is 0 Å². The average molecular weight is 225 g/mol. The van der Waals surface area contributed by atoms with Crippen LogP contribution in [-0.4, -0.2) is 24.5 Å². The van der Waals surface area contributed by atoms with Crippen molar-refractivity contribution in [3.8, 4) is 11.6 Å². The molecule has 0 atom stereocenters. The summed E-state index contributed by atoms with van der Waals surface area (Å²) >= 11 is 0. The van der Waals surface area contributed by atoms with Crippen molar-refractivity contribution < 1.29 is 0 Å². The number of H-pyrrole nitrogens is 1. The lowest BCUT2D eigenvalue weighted by atomic mass is 10.3. The molecule has 17 heavy (non-hydrogen) atoms. The largest absolute Gasteiger partial charge is 0.342 e. The van der Waals surface area contributed by atoms with Gasteiger partial charge in [0.1, 0.15) is 0 Å². The number of aromatic nitrogens is 5. The first kappa shape index (κ1) is 9.77. The van der Waals surface area contributed by atoms with Gasteiger partial charge in [0, 0.05) is 31.0 Å². The van der Waals surface area contributed by atoms with Crippen LogP contribution in [0.5, 0.6) is 0 Å². The second kappa shape index (κ2) is 4.21. The molecule has 1 N–H and O–H groups in total. The lowest BCUT2D eigenvalue weighted by Crippen LogP contribution is -2.03. The molecule has 0 fully saturated rings. The molecule has 0 radical (unpaired) electrons. The Morgan fingerprint density at radius 1 is 1.06 bits per heavy atom. The summed E-state index contributed by atoms with van der Waals surface area (Å²) in [5.41, 5.74) is 0.998. The van der Waals surface area contributed by atoms with Gasteiger partial charge in [-0.05, 0) is 12.1 Å². The molecular formula is C12H11N5. The molecule has 0 saturated carbocycles. The Bertz CT molecular complexity index is 582. The molecule has 5 heteroatoms. The fourth-order valence-corrected chi connectivity index (χ4v) is 1.71. The maximum atomic E-state index is 4.30. The van der Waals surface area contributed by atoms with Crippen molar-refractivity contribution in [3.05, 3.63) is 54.9 Å². The van der Waals surface area contributed by atoms with Crippen LogP contribution in [0, 0.1) is 0 Å². The molecule has 3 heterocycles. The van der Waals surface area contributed by atoms with Gasteiger partial charge in [0.25, 0.3) is 0 Å². The Balaban J connectivity index is 1.92. The molecule has 0 unspecified atom stereocenters. The molecule has 0 aliphatic heterocycles. The van der Waals surface area contributed by atoms with Crippen LogP contribution in [0.4, 0.5) is 0 Å². The van der Waals surface area contributed by atoms with Crippen LogP contribution in [0.3, 0.4) is 0 Å². The van der Waals surface area contributed by atoms with Gasteiger partial charge in [0.05, 0.1) is 12.2 Å². The van der Waals surface area contributed by atoms with E-state index in [-0.39, 0.29) is 0 Å². The van der Waals surface area contributed by atoms with Crippen LogP contribution in [0.15, 0.2) is 49.2 Å². The minimum absolute atomic E-state index is 0.691. The number of nitrogens with zero attached hydrogens (tertiary/aromatic N) is 4. The number of imidazole rings is 2. The highest BCUT2D eigenvalue weighted by Crippen LogP contribution is 2.13. The van der Waals surface area contributed by atoms with E-state index >= 15 is 0 Å². The van der Waals surface area contributed by atoms with Crippen molar-refractivity contribution in [2.45, 2.75) is 6.54 Å². The first-order valence-corrected chi connectivity index (χ1v) is 5.34. The molecule has 0 aliphatic carbocycles. The smallest absolute Gasteiger partial charge is 0.176 e. The summed E-state index contributed by atoms with van der Waals surface area (Å²) in [6, 6.07) is 5.88. The van der Waals surface area contributed by atoms with Crippen LogP contribution < -0.4 is 0 Å². The number of nitrogens with one attached hydrogen (secondary N) is 1. The van der Waals surface area contributed by atoms with Crippen molar-refractivity contribution in [2.24, 2.45) is 0 Å². The number of hydrogen-bond donors (Lipinski definition) is 1. The normalized spacial score (nSPS) is 10.6. The van der Waals surface area contributed by atoms with E-state index in [1.807, 2.05) is 29.0 Å². The zero-order chi connectivity index (χ0) is 11.5. The summed E-state index contributed by atoms with van der Waals surface area (Å²) in [4.78, 5) is 15.8. The lowest BCUT2D eigenvalue weighted by molar-refractivity contribution is 0.777. The van der Waals surface area contributed by atoms with Gasteiger partial charge in [-0.2, -0.15) is 0 Å². The Morgan fingerprint density at radius 2 is 2.06 bits per heavy atom. The summed E-state index contributed by atoms with van der Waals surface area (Å²) in [5.74, 6) is 1.59. The van der Waals surface area contributed by atoms with E-state index in [4.69, 9.17) is 0 Å². The molecule has 84 valence electrons. The van der Waals surface area contributed by atoms with Gasteiger partial charge in [0.15, 0.2) is 11.6 Å². The van der Waals surface area contributed by atoms with Crippen molar-refractivity contribution >= 4 is 0 Å². The molecule has 0 aliphatic rings. The van der Waals surface area contributed by atoms with Crippen molar-refractivity contribution in [3.63, 3.8) is 0 Å². The predicted molar refractivity (Wildman–Crippen MR) is 63.1 cm³/mol. The van der Waals surface area contributed by atoms with Crippen LogP contribution in [0.25, 0.3) is 11.6 Å². The maximum Gasteiger partial charge on any atom is 0.176 e. The Morgan fingerprint density at radius 3 is 2.82 bits per heavy atom. The third-order valence-corrected chi connectivity index (χ3v) is 2.48. The summed E-state index contributed by atoms with van der Waals surface area (Å²) < 4.78 is 2.02. The van der Waals surface area contributed by atoms with Crippen LogP contribution >= 0.6 is 0 Å². The molecule has 3 rings (SSSR count). The lowest BCUT2D eigenvalue weighted by Gasteiger charge is -2.05. The maximum absolute atomic E-state index is 4.30. The van der Waals surface area contributed by atoms with Crippen molar-refractivity contribution in [1.29, 1.82) is 0 Å². The van der Waals surface area contributed by atoms with Gasteiger partial charge < -0.3 is 9.55 Å². The highest BCUT2D eigenvalue weighted by molar-refractivity contribution is 5.43. The molecule has 0 bridgehead atoms. The third kappa shape index (κ3) is 1.94. The van der Waals surface area contributed by atoms with E-state index < -0.39 is 0 Å². The Kier molecular flexibility index (Phi) is 2.42. The highest BCUT2D eigenvalue weighted by atomic mass is 15.1. The Hall–Kier alpha value is -2.43. The molecule has 3 aromatic rings. The van der Waals surface area contributed by atoms with Gasteiger partial charge in [-0.3, -0.25) is 4.98 Å².